The largest absolute Gasteiger partial charge is 0.123 e. The van der Waals surface area contributed by atoms with Crippen molar-refractivity contribution in [3.63, 3.8) is 0 Å². The lowest BCUT2D eigenvalue weighted by molar-refractivity contribution is 0.218. The van der Waals surface area contributed by atoms with Gasteiger partial charge in [0.15, 0.2) is 0 Å². The van der Waals surface area contributed by atoms with Gasteiger partial charge in [-0.3, -0.25) is 0 Å². The molecule has 0 aromatic rings. The Morgan fingerprint density at radius 3 is 2.17 bits per heavy atom. The fourth-order valence-electron chi connectivity index (χ4n) is 2.20. The van der Waals surface area contributed by atoms with Crippen LogP contribution in [0.5, 0.6) is 0 Å². The molecule has 1 fully saturated rings. The minimum atomic E-state index is 0.455. The Hall–Kier alpha value is 0.290. The molecule has 1 heteroatoms. The minimum absolute atomic E-state index is 0.455. The van der Waals surface area contributed by atoms with Crippen LogP contribution in [0.3, 0.4) is 0 Å². The second-order valence-corrected chi connectivity index (χ2v) is 5.13. The molecule has 0 radical (unpaired) electrons. The van der Waals surface area contributed by atoms with Crippen molar-refractivity contribution in [1.29, 1.82) is 0 Å². The van der Waals surface area contributed by atoms with Gasteiger partial charge in [0, 0.05) is 5.38 Å². The average Bonchev–Trinajstić information content (AvgIpc) is 2.04. The second kappa shape index (κ2) is 4.50. The van der Waals surface area contributed by atoms with Crippen molar-refractivity contribution in [2.24, 2.45) is 17.8 Å². The number of hydrogen-bond donors (Lipinski definition) is 0. The molecule has 12 heavy (non-hydrogen) atoms. The van der Waals surface area contributed by atoms with Gasteiger partial charge in [0.2, 0.25) is 0 Å². The van der Waals surface area contributed by atoms with Crippen LogP contribution >= 0.6 is 11.6 Å². The lowest BCUT2D eigenvalue weighted by atomic mass is 9.76. The first-order chi connectivity index (χ1) is 5.63. The van der Waals surface area contributed by atoms with Crippen molar-refractivity contribution in [2.45, 2.75) is 51.8 Å². The zero-order valence-corrected chi connectivity index (χ0v) is 9.27. The number of halogens is 1. The van der Waals surface area contributed by atoms with Gasteiger partial charge >= 0.3 is 0 Å². The zero-order chi connectivity index (χ0) is 9.14. The molecule has 0 aromatic carbocycles. The molecule has 3 unspecified atom stereocenters. The topological polar surface area (TPSA) is 0 Å². The smallest absolute Gasteiger partial charge is 0.0366 e. The monoisotopic (exact) mass is 188 g/mol. The first kappa shape index (κ1) is 10.4. The van der Waals surface area contributed by atoms with Crippen LogP contribution in [0.2, 0.25) is 0 Å². The third-order valence-electron chi connectivity index (χ3n) is 3.46. The van der Waals surface area contributed by atoms with E-state index in [0.717, 1.165) is 17.8 Å². The van der Waals surface area contributed by atoms with Gasteiger partial charge in [0.05, 0.1) is 0 Å². The molecule has 0 aliphatic heterocycles. The summed E-state index contributed by atoms with van der Waals surface area (Å²) in [7, 11) is 0. The summed E-state index contributed by atoms with van der Waals surface area (Å²) in [5.41, 5.74) is 0. The molecule has 3 atom stereocenters. The molecule has 0 saturated heterocycles. The summed E-state index contributed by atoms with van der Waals surface area (Å²) in [6, 6.07) is 0. The van der Waals surface area contributed by atoms with E-state index < -0.39 is 0 Å². The molecule has 1 aliphatic rings. The molecule has 1 saturated carbocycles. The summed E-state index contributed by atoms with van der Waals surface area (Å²) in [4.78, 5) is 0. The van der Waals surface area contributed by atoms with Gasteiger partial charge < -0.3 is 0 Å². The van der Waals surface area contributed by atoms with Gasteiger partial charge in [-0.25, -0.2) is 0 Å². The maximum atomic E-state index is 6.32. The van der Waals surface area contributed by atoms with E-state index in [9.17, 15) is 0 Å². The van der Waals surface area contributed by atoms with Gasteiger partial charge in [0.25, 0.3) is 0 Å². The predicted octanol–water partition coefficient (Wildman–Crippen LogP) is 4.08. The third kappa shape index (κ3) is 2.39. The average molecular weight is 189 g/mol. The highest BCUT2D eigenvalue weighted by Gasteiger charge is 2.29. The molecule has 0 heterocycles. The number of hydrogen-bond acceptors (Lipinski definition) is 0. The lowest BCUT2D eigenvalue weighted by Gasteiger charge is -2.34. The molecule has 0 N–H and O–H groups in total. The maximum absolute atomic E-state index is 6.32. The van der Waals surface area contributed by atoms with E-state index in [1.807, 2.05) is 0 Å². The molecule has 0 aromatic heterocycles. The van der Waals surface area contributed by atoms with Crippen molar-refractivity contribution in [1.82, 2.24) is 0 Å². The number of alkyl halides is 1. The van der Waals surface area contributed by atoms with Gasteiger partial charge in [-0.05, 0) is 30.6 Å². The van der Waals surface area contributed by atoms with Crippen LogP contribution in [0.1, 0.15) is 46.5 Å². The highest BCUT2D eigenvalue weighted by atomic mass is 35.5. The van der Waals surface area contributed by atoms with E-state index in [1.165, 1.54) is 25.7 Å². The molecule has 0 amide bonds. The van der Waals surface area contributed by atoms with Gasteiger partial charge in [-0.2, -0.15) is 0 Å². The zero-order valence-electron chi connectivity index (χ0n) is 8.52. The molecule has 1 aliphatic carbocycles. The molecule has 0 spiro atoms. The highest BCUT2D eigenvalue weighted by Crippen LogP contribution is 2.36. The Bertz CT molecular complexity index is 131. The second-order valence-electron chi connectivity index (χ2n) is 4.57. The SMILES string of the molecule is CC(C)C(C)C1CCCCC1Cl. The van der Waals surface area contributed by atoms with Gasteiger partial charge in [0.1, 0.15) is 0 Å². The normalized spacial score (nSPS) is 33.8. The summed E-state index contributed by atoms with van der Waals surface area (Å²) < 4.78 is 0. The van der Waals surface area contributed by atoms with Crippen molar-refractivity contribution in [3.8, 4) is 0 Å². The van der Waals surface area contributed by atoms with Crippen LogP contribution in [0.4, 0.5) is 0 Å². The summed E-state index contributed by atoms with van der Waals surface area (Å²) in [5.74, 6) is 2.36. The van der Waals surface area contributed by atoms with Crippen LogP contribution in [-0.2, 0) is 0 Å². The Kier molecular flexibility index (Phi) is 3.89. The minimum Gasteiger partial charge on any atom is -0.123 e. The van der Waals surface area contributed by atoms with E-state index in [4.69, 9.17) is 11.6 Å². The Morgan fingerprint density at radius 1 is 1.08 bits per heavy atom. The van der Waals surface area contributed by atoms with Crippen LogP contribution in [-0.4, -0.2) is 5.38 Å². The molecule has 1 rings (SSSR count). The molecule has 72 valence electrons. The fraction of sp³-hybridized carbons (Fsp3) is 1.00. The van der Waals surface area contributed by atoms with Crippen LogP contribution in [0.25, 0.3) is 0 Å². The van der Waals surface area contributed by atoms with Crippen LogP contribution in [0.15, 0.2) is 0 Å². The molecule has 0 nitrogen and oxygen atoms in total. The van der Waals surface area contributed by atoms with Crippen molar-refractivity contribution in [3.05, 3.63) is 0 Å². The quantitative estimate of drug-likeness (QED) is 0.573. The van der Waals surface area contributed by atoms with E-state index >= 15 is 0 Å². The maximum Gasteiger partial charge on any atom is 0.0366 e. The van der Waals surface area contributed by atoms with Gasteiger partial charge in [-0.15, -0.1) is 11.6 Å². The molecular formula is C11H21Cl. The lowest BCUT2D eigenvalue weighted by Crippen LogP contribution is -2.28. The summed E-state index contributed by atoms with van der Waals surface area (Å²) in [6.07, 6.45) is 5.33. The first-order valence-corrected chi connectivity index (χ1v) is 5.70. The molecular weight excluding hydrogens is 168 g/mol. The predicted molar refractivity (Wildman–Crippen MR) is 55.6 cm³/mol. The standard InChI is InChI=1S/C11H21Cl/c1-8(2)9(3)10-6-4-5-7-11(10)12/h8-11H,4-7H2,1-3H3. The summed E-state index contributed by atoms with van der Waals surface area (Å²) in [6.45, 7) is 6.97. The van der Waals surface area contributed by atoms with Crippen molar-refractivity contribution in [2.75, 3.05) is 0 Å². The number of rotatable bonds is 2. The molecule has 0 bridgehead atoms. The summed E-state index contributed by atoms with van der Waals surface area (Å²) in [5, 5.41) is 0.455. The Morgan fingerprint density at radius 2 is 1.67 bits per heavy atom. The van der Waals surface area contributed by atoms with E-state index in [0.29, 0.717) is 5.38 Å². The van der Waals surface area contributed by atoms with Crippen LogP contribution in [0, 0.1) is 17.8 Å². The van der Waals surface area contributed by atoms with E-state index in [-0.39, 0.29) is 0 Å². The van der Waals surface area contributed by atoms with E-state index in [1.54, 1.807) is 0 Å². The fourth-order valence-corrected chi connectivity index (χ4v) is 2.71. The highest BCUT2D eigenvalue weighted by molar-refractivity contribution is 6.20. The third-order valence-corrected chi connectivity index (χ3v) is 4.00. The van der Waals surface area contributed by atoms with Crippen molar-refractivity contribution < 1.29 is 0 Å². The van der Waals surface area contributed by atoms with Gasteiger partial charge in [-0.1, -0.05) is 33.6 Å². The first-order valence-electron chi connectivity index (χ1n) is 5.27. The summed E-state index contributed by atoms with van der Waals surface area (Å²) >= 11 is 6.32. The Labute approximate surface area is 81.7 Å². The van der Waals surface area contributed by atoms with Crippen LogP contribution < -0.4 is 0 Å². The van der Waals surface area contributed by atoms with E-state index in [2.05, 4.69) is 20.8 Å². The van der Waals surface area contributed by atoms with Crippen molar-refractivity contribution >= 4 is 11.6 Å². The Balaban J connectivity index is 2.47.